The van der Waals surface area contributed by atoms with Gasteiger partial charge < -0.3 is 10.6 Å². The fourth-order valence-electron chi connectivity index (χ4n) is 1.83. The molecule has 0 radical (unpaired) electrons. The van der Waals surface area contributed by atoms with Gasteiger partial charge in [0.1, 0.15) is 0 Å². The van der Waals surface area contributed by atoms with Gasteiger partial charge in [-0.2, -0.15) is 0 Å². The zero-order valence-corrected chi connectivity index (χ0v) is 10.4. The Labute approximate surface area is 110 Å². The Kier molecular flexibility index (Phi) is 5.06. The molecule has 1 amide bonds. The summed E-state index contributed by atoms with van der Waals surface area (Å²) in [6.45, 7) is 0.840. The number of nitro groups is 1. The topological polar surface area (TPSA) is 84.3 Å². The Balaban J connectivity index is 0.00000162. The molecule has 0 unspecified atom stereocenters. The van der Waals surface area contributed by atoms with E-state index in [1.807, 2.05) is 0 Å². The van der Waals surface area contributed by atoms with Crippen molar-refractivity contribution in [2.45, 2.75) is 18.9 Å². The van der Waals surface area contributed by atoms with E-state index in [0.717, 1.165) is 19.4 Å². The van der Waals surface area contributed by atoms with Gasteiger partial charge in [-0.3, -0.25) is 14.9 Å². The number of non-ortho nitro benzene ring substituents is 1. The second-order valence-electron chi connectivity index (χ2n) is 3.95. The van der Waals surface area contributed by atoms with Gasteiger partial charge in [0.05, 0.1) is 11.0 Å². The molecular weight excluding hydrogens is 258 g/mol. The quantitative estimate of drug-likeness (QED) is 0.647. The summed E-state index contributed by atoms with van der Waals surface area (Å²) in [6, 6.07) is 5.75. The fraction of sp³-hybridized carbons (Fsp3) is 0.364. The summed E-state index contributed by atoms with van der Waals surface area (Å²) in [7, 11) is 0. The van der Waals surface area contributed by atoms with Crippen molar-refractivity contribution in [3.05, 3.63) is 34.4 Å². The molecule has 1 heterocycles. The molecule has 1 aliphatic rings. The van der Waals surface area contributed by atoms with Crippen LogP contribution in [-0.4, -0.2) is 23.4 Å². The van der Waals surface area contributed by atoms with E-state index in [-0.39, 0.29) is 30.0 Å². The molecule has 1 aromatic carbocycles. The van der Waals surface area contributed by atoms with Crippen molar-refractivity contribution >= 4 is 29.7 Å². The molecule has 0 aliphatic carbocycles. The molecule has 98 valence electrons. The minimum Gasteiger partial charge on any atom is -0.324 e. The maximum Gasteiger partial charge on any atom is 0.271 e. The van der Waals surface area contributed by atoms with Crippen LogP contribution in [0.4, 0.5) is 11.4 Å². The highest BCUT2D eigenvalue weighted by molar-refractivity contribution is 5.95. The van der Waals surface area contributed by atoms with Gasteiger partial charge in [0.15, 0.2) is 0 Å². The third-order valence-electron chi connectivity index (χ3n) is 2.70. The van der Waals surface area contributed by atoms with Crippen LogP contribution in [0.1, 0.15) is 12.8 Å². The molecule has 2 N–H and O–H groups in total. The van der Waals surface area contributed by atoms with Crippen LogP contribution >= 0.6 is 12.4 Å². The van der Waals surface area contributed by atoms with Gasteiger partial charge in [0.25, 0.3) is 5.69 Å². The molecule has 0 spiro atoms. The smallest absolute Gasteiger partial charge is 0.271 e. The number of nitro benzene ring substituents is 1. The predicted octanol–water partition coefficient (Wildman–Crippen LogP) is 1.71. The third-order valence-corrected chi connectivity index (χ3v) is 2.70. The van der Waals surface area contributed by atoms with E-state index in [2.05, 4.69) is 10.6 Å². The molecule has 18 heavy (non-hydrogen) atoms. The van der Waals surface area contributed by atoms with Gasteiger partial charge in [-0.05, 0) is 25.5 Å². The number of anilines is 1. The van der Waals surface area contributed by atoms with Gasteiger partial charge >= 0.3 is 0 Å². The first-order valence-electron chi connectivity index (χ1n) is 5.45. The molecule has 0 bridgehead atoms. The van der Waals surface area contributed by atoms with Gasteiger partial charge in [-0.25, -0.2) is 0 Å². The fourth-order valence-corrected chi connectivity index (χ4v) is 1.83. The molecule has 1 saturated heterocycles. The van der Waals surface area contributed by atoms with E-state index in [1.165, 1.54) is 12.1 Å². The zero-order valence-electron chi connectivity index (χ0n) is 9.59. The highest BCUT2D eigenvalue weighted by Gasteiger charge is 2.22. The number of halogens is 1. The minimum atomic E-state index is -0.483. The van der Waals surface area contributed by atoms with Crippen LogP contribution in [0.5, 0.6) is 0 Å². The lowest BCUT2D eigenvalue weighted by molar-refractivity contribution is -0.384. The molecule has 7 heteroatoms. The molecule has 1 fully saturated rings. The summed E-state index contributed by atoms with van der Waals surface area (Å²) in [4.78, 5) is 21.8. The average Bonchev–Trinajstić information content (AvgIpc) is 2.82. The first-order chi connectivity index (χ1) is 8.16. The summed E-state index contributed by atoms with van der Waals surface area (Å²) in [6.07, 6.45) is 1.79. The number of nitrogens with one attached hydrogen (secondary N) is 2. The Morgan fingerprint density at radius 2 is 2.28 bits per heavy atom. The van der Waals surface area contributed by atoms with Gasteiger partial charge in [-0.1, -0.05) is 6.07 Å². The van der Waals surface area contributed by atoms with Crippen LogP contribution in [0.25, 0.3) is 0 Å². The van der Waals surface area contributed by atoms with Crippen LogP contribution < -0.4 is 10.6 Å². The minimum absolute atomic E-state index is 0. The average molecular weight is 272 g/mol. The first-order valence-corrected chi connectivity index (χ1v) is 5.45. The molecule has 6 nitrogen and oxygen atoms in total. The number of rotatable bonds is 3. The second-order valence-corrected chi connectivity index (χ2v) is 3.95. The Morgan fingerprint density at radius 1 is 1.50 bits per heavy atom. The standard InChI is InChI=1S/C11H13N3O3.ClH/c15-11(10-5-2-6-12-10)13-8-3-1-4-9(7-8)14(16)17;/h1,3-4,7,10,12H,2,5-6H2,(H,13,15);1H/t10-;/m0./s1. The number of amides is 1. The summed E-state index contributed by atoms with van der Waals surface area (Å²) in [5.41, 5.74) is 0.431. The van der Waals surface area contributed by atoms with E-state index >= 15 is 0 Å². The van der Waals surface area contributed by atoms with Crippen LogP contribution in [0, 0.1) is 10.1 Å². The lowest BCUT2D eigenvalue weighted by Crippen LogP contribution is -2.35. The van der Waals surface area contributed by atoms with E-state index < -0.39 is 4.92 Å². The molecule has 0 saturated carbocycles. The highest BCUT2D eigenvalue weighted by atomic mass is 35.5. The maximum absolute atomic E-state index is 11.8. The SMILES string of the molecule is Cl.O=C(Nc1cccc([N+](=O)[O-])c1)[C@@H]1CCCN1. The van der Waals surface area contributed by atoms with Crippen molar-refractivity contribution in [1.82, 2.24) is 5.32 Å². The highest BCUT2D eigenvalue weighted by Crippen LogP contribution is 2.17. The Morgan fingerprint density at radius 3 is 2.89 bits per heavy atom. The van der Waals surface area contributed by atoms with Crippen LogP contribution in [0.3, 0.4) is 0 Å². The molecule has 0 aromatic heterocycles. The Bertz CT molecular complexity index is 447. The molecule has 1 aliphatic heterocycles. The maximum atomic E-state index is 11.8. The first kappa shape index (κ1) is 14.4. The normalized spacial score (nSPS) is 17.9. The van der Waals surface area contributed by atoms with Gasteiger partial charge in [-0.15, -0.1) is 12.4 Å². The monoisotopic (exact) mass is 271 g/mol. The van der Waals surface area contributed by atoms with Gasteiger partial charge in [0.2, 0.25) is 5.91 Å². The van der Waals surface area contributed by atoms with Crippen molar-refractivity contribution < 1.29 is 9.72 Å². The van der Waals surface area contributed by atoms with E-state index in [1.54, 1.807) is 12.1 Å². The van der Waals surface area contributed by atoms with Crippen molar-refractivity contribution in [3.63, 3.8) is 0 Å². The molecule has 2 rings (SSSR count). The summed E-state index contributed by atoms with van der Waals surface area (Å²) in [5.74, 6) is -0.136. The van der Waals surface area contributed by atoms with Crippen LogP contribution in [0.15, 0.2) is 24.3 Å². The number of carbonyl (C=O) groups excluding carboxylic acids is 1. The second kappa shape index (κ2) is 6.32. The van der Waals surface area contributed by atoms with Gasteiger partial charge in [0, 0.05) is 17.8 Å². The number of carbonyl (C=O) groups is 1. The van der Waals surface area contributed by atoms with Crippen LogP contribution in [-0.2, 0) is 4.79 Å². The number of hydrogen-bond acceptors (Lipinski definition) is 4. The number of hydrogen-bond donors (Lipinski definition) is 2. The van der Waals surface area contributed by atoms with Crippen molar-refractivity contribution in [1.29, 1.82) is 0 Å². The van der Waals surface area contributed by atoms with E-state index in [9.17, 15) is 14.9 Å². The van der Waals surface area contributed by atoms with Crippen LogP contribution in [0.2, 0.25) is 0 Å². The lowest BCUT2D eigenvalue weighted by atomic mass is 10.2. The number of benzene rings is 1. The van der Waals surface area contributed by atoms with Crippen molar-refractivity contribution in [3.8, 4) is 0 Å². The van der Waals surface area contributed by atoms with E-state index in [0.29, 0.717) is 5.69 Å². The molecule has 1 aromatic rings. The zero-order chi connectivity index (χ0) is 12.3. The molecule has 1 atom stereocenters. The van der Waals surface area contributed by atoms with Crippen molar-refractivity contribution in [2.75, 3.05) is 11.9 Å². The predicted molar refractivity (Wildman–Crippen MR) is 70.0 cm³/mol. The summed E-state index contributed by atoms with van der Waals surface area (Å²) in [5, 5.41) is 16.3. The van der Waals surface area contributed by atoms with Crippen molar-refractivity contribution in [2.24, 2.45) is 0 Å². The Hall–Kier alpha value is -1.66. The summed E-state index contributed by atoms with van der Waals surface area (Å²) < 4.78 is 0. The molecular formula is C11H14ClN3O3. The largest absolute Gasteiger partial charge is 0.324 e. The van der Waals surface area contributed by atoms with E-state index in [4.69, 9.17) is 0 Å². The summed E-state index contributed by atoms with van der Waals surface area (Å²) >= 11 is 0. The number of nitrogens with zero attached hydrogens (tertiary/aromatic N) is 1. The third kappa shape index (κ3) is 3.41. The lowest BCUT2D eigenvalue weighted by Gasteiger charge is -2.10.